The van der Waals surface area contributed by atoms with Crippen LogP contribution in [0.4, 0.5) is 92.2 Å². The second kappa shape index (κ2) is 7.87. The molecule has 0 fully saturated rings. The van der Waals surface area contributed by atoms with Crippen molar-refractivity contribution in [2.45, 2.75) is 78.7 Å². The predicted molar refractivity (Wildman–Crippen MR) is 73.9 cm³/mol. The van der Waals surface area contributed by atoms with Gasteiger partial charge in [0.05, 0.1) is 0 Å². The summed E-state index contributed by atoms with van der Waals surface area (Å²) in [4.78, 5) is 0. The van der Waals surface area contributed by atoms with Crippen LogP contribution in [0.5, 0.6) is 0 Å². The molecule has 0 saturated heterocycles. The van der Waals surface area contributed by atoms with Crippen molar-refractivity contribution in [1.29, 1.82) is 0 Å². The molecule has 0 aliphatic heterocycles. The first-order chi connectivity index (χ1) is 14.5. The lowest BCUT2D eigenvalue weighted by Crippen LogP contribution is -2.78. The highest BCUT2D eigenvalue weighted by molar-refractivity contribution is 6.78. The maximum absolute atomic E-state index is 13.7. The molecule has 212 valence electrons. The van der Waals surface area contributed by atoms with Crippen molar-refractivity contribution in [3.63, 3.8) is 0 Å². The Morgan fingerprint density at radius 3 is 0.629 bits per heavy atom. The molecule has 0 aromatic rings. The summed E-state index contributed by atoms with van der Waals surface area (Å²) in [6.45, 7) is 0.0292. The third kappa shape index (κ3) is 3.93. The molecule has 0 amide bonds. The zero-order chi connectivity index (χ0) is 29.5. The van der Waals surface area contributed by atoms with Crippen molar-refractivity contribution in [3.8, 4) is 0 Å². The quantitative estimate of drug-likeness (QED) is 0.187. The third-order valence-electron chi connectivity index (χ3n) is 4.45. The molecule has 0 atom stereocenters. The van der Waals surface area contributed by atoms with E-state index in [1.165, 1.54) is 0 Å². The molecule has 35 heavy (non-hydrogen) atoms. The van der Waals surface area contributed by atoms with Gasteiger partial charge in [-0.1, -0.05) is 19.6 Å². The molecule has 0 aromatic heterocycles. The standard InChI is InChI=1S/C13H9F21Si/c1-35(2,3)13(33,34)11(28,29)9(24,25)7(20,21)5(16,17)4(14,15)6(18,19)8(22,23)10(26,27)12(30,31)32/h1-3H3. The van der Waals surface area contributed by atoms with Crippen LogP contribution in [0.15, 0.2) is 0 Å². The Kier molecular flexibility index (Phi) is 7.59. The van der Waals surface area contributed by atoms with Crippen LogP contribution in [0.3, 0.4) is 0 Å². The van der Waals surface area contributed by atoms with Crippen LogP contribution in [0, 0.1) is 0 Å². The van der Waals surface area contributed by atoms with Crippen molar-refractivity contribution in [3.05, 3.63) is 0 Å². The van der Waals surface area contributed by atoms with E-state index in [1.54, 1.807) is 0 Å². The summed E-state index contributed by atoms with van der Waals surface area (Å²) in [5.74, 6) is -69.7. The Morgan fingerprint density at radius 1 is 0.286 bits per heavy atom. The highest BCUT2D eigenvalue weighted by Gasteiger charge is 2.98. The van der Waals surface area contributed by atoms with Crippen LogP contribution in [-0.2, 0) is 0 Å². The first-order valence-corrected chi connectivity index (χ1v) is 11.5. The largest absolute Gasteiger partial charge is 0.460 e. The zero-order valence-electron chi connectivity index (χ0n) is 16.4. The molecule has 0 unspecified atom stereocenters. The molecule has 0 saturated carbocycles. The minimum Gasteiger partial charge on any atom is -0.205 e. The van der Waals surface area contributed by atoms with Crippen LogP contribution in [0.2, 0.25) is 19.6 Å². The van der Waals surface area contributed by atoms with Crippen LogP contribution in [-0.4, -0.2) is 67.2 Å². The minimum absolute atomic E-state index is 0.00973. The molecular weight excluding hydrogens is 583 g/mol. The molecule has 0 aromatic carbocycles. The molecule has 0 spiro atoms. The first kappa shape index (κ1) is 33.7. The van der Waals surface area contributed by atoms with Gasteiger partial charge in [-0.15, -0.1) is 0 Å². The van der Waals surface area contributed by atoms with Crippen molar-refractivity contribution in [2.24, 2.45) is 0 Å². The molecule has 22 heteroatoms. The molecule has 0 rings (SSSR count). The summed E-state index contributed by atoms with van der Waals surface area (Å²) in [6.07, 6.45) is -7.98. The molecule has 0 radical (unpaired) electrons. The van der Waals surface area contributed by atoms with Gasteiger partial charge in [0.1, 0.15) is 8.07 Å². The van der Waals surface area contributed by atoms with E-state index in [1.807, 2.05) is 0 Å². The molecule has 0 aliphatic carbocycles. The van der Waals surface area contributed by atoms with Crippen LogP contribution in [0.25, 0.3) is 0 Å². The van der Waals surface area contributed by atoms with E-state index in [-0.39, 0.29) is 19.6 Å². The second-order valence-corrected chi connectivity index (χ2v) is 13.0. The van der Waals surface area contributed by atoms with Gasteiger partial charge in [0.15, 0.2) is 0 Å². The van der Waals surface area contributed by atoms with E-state index in [0.717, 1.165) is 0 Å². The first-order valence-electron chi connectivity index (χ1n) is 7.97. The van der Waals surface area contributed by atoms with Gasteiger partial charge in [-0.05, 0) is 0 Å². The highest BCUT2D eigenvalue weighted by atomic mass is 28.3. The van der Waals surface area contributed by atoms with E-state index in [9.17, 15) is 92.2 Å². The summed E-state index contributed by atoms with van der Waals surface area (Å²) < 4.78 is 277. The SMILES string of the molecule is C[Si](C)(C)C(F)(F)C(F)(F)C(F)(F)C(F)(F)C(F)(F)C(F)(F)C(F)(F)C(F)(F)C(F)(F)C(F)(F)F. The monoisotopic (exact) mass is 592 g/mol. The summed E-state index contributed by atoms with van der Waals surface area (Å²) in [6, 6.07) is 0. The van der Waals surface area contributed by atoms with Gasteiger partial charge < -0.3 is 0 Å². The Balaban J connectivity index is 7.15. The van der Waals surface area contributed by atoms with E-state index in [2.05, 4.69) is 0 Å². The van der Waals surface area contributed by atoms with Crippen molar-refractivity contribution >= 4 is 8.07 Å². The van der Waals surface area contributed by atoms with Crippen molar-refractivity contribution < 1.29 is 92.2 Å². The lowest BCUT2D eigenvalue weighted by molar-refractivity contribution is -0.472. The van der Waals surface area contributed by atoms with Crippen LogP contribution < -0.4 is 0 Å². The Bertz CT molecular complexity index is 718. The van der Waals surface area contributed by atoms with Gasteiger partial charge in [0.25, 0.3) is 5.55 Å². The van der Waals surface area contributed by atoms with Crippen molar-refractivity contribution in [2.75, 3.05) is 0 Å². The normalized spacial score (nSPS) is 17.1. The van der Waals surface area contributed by atoms with Gasteiger partial charge in [-0.2, -0.15) is 83.4 Å². The number of alkyl halides is 21. The summed E-state index contributed by atoms with van der Waals surface area (Å²) in [7, 11) is -5.25. The zero-order valence-corrected chi connectivity index (χ0v) is 17.4. The van der Waals surface area contributed by atoms with Gasteiger partial charge in [-0.25, -0.2) is 8.78 Å². The lowest BCUT2D eigenvalue weighted by atomic mass is 9.87. The van der Waals surface area contributed by atoms with Gasteiger partial charge in [-0.3, -0.25) is 0 Å². The van der Waals surface area contributed by atoms with Gasteiger partial charge in [0.2, 0.25) is 0 Å². The Morgan fingerprint density at radius 2 is 0.457 bits per heavy atom. The van der Waals surface area contributed by atoms with E-state index >= 15 is 0 Å². The average molecular weight is 592 g/mol. The van der Waals surface area contributed by atoms with E-state index in [4.69, 9.17) is 0 Å². The summed E-state index contributed by atoms with van der Waals surface area (Å²) in [5, 5.41) is 0. The van der Waals surface area contributed by atoms with Crippen LogP contribution >= 0.6 is 0 Å². The minimum atomic E-state index is -9.13. The van der Waals surface area contributed by atoms with E-state index in [0.29, 0.717) is 0 Å². The summed E-state index contributed by atoms with van der Waals surface area (Å²) >= 11 is 0. The topological polar surface area (TPSA) is 0 Å². The summed E-state index contributed by atoms with van der Waals surface area (Å²) in [5.41, 5.74) is -6.45. The Labute approximate surface area is 180 Å². The van der Waals surface area contributed by atoms with Crippen LogP contribution in [0.1, 0.15) is 0 Å². The second-order valence-electron chi connectivity index (χ2n) is 7.92. The maximum atomic E-state index is 13.7. The molecule has 0 N–H and O–H groups in total. The number of hydrogen-bond acceptors (Lipinski definition) is 0. The fourth-order valence-electron chi connectivity index (χ4n) is 2.03. The number of hydrogen-bond donors (Lipinski definition) is 0. The number of halogens is 21. The van der Waals surface area contributed by atoms with Crippen molar-refractivity contribution in [1.82, 2.24) is 0 Å². The highest BCUT2D eigenvalue weighted by Crippen LogP contribution is 2.66. The fraction of sp³-hybridized carbons (Fsp3) is 1.00. The average Bonchev–Trinajstić information content (AvgIpc) is 2.58. The molecule has 0 bridgehead atoms. The number of rotatable bonds is 9. The molecule has 0 heterocycles. The molecular formula is C13H9F21Si. The third-order valence-corrected chi connectivity index (χ3v) is 6.65. The predicted octanol–water partition coefficient (Wildman–Crippen LogP) is 8.14. The Hall–Kier alpha value is -1.25. The van der Waals surface area contributed by atoms with Gasteiger partial charge >= 0.3 is 53.6 Å². The maximum Gasteiger partial charge on any atom is 0.460 e. The smallest absolute Gasteiger partial charge is 0.205 e. The molecule has 0 aliphatic rings. The van der Waals surface area contributed by atoms with Gasteiger partial charge in [0, 0.05) is 0 Å². The lowest BCUT2D eigenvalue weighted by Gasteiger charge is -2.46. The van der Waals surface area contributed by atoms with E-state index < -0.39 is 67.2 Å². The molecule has 0 nitrogen and oxygen atoms in total. The fourth-order valence-corrected chi connectivity index (χ4v) is 3.13.